The van der Waals surface area contributed by atoms with Crippen LogP contribution in [0.4, 0.5) is 0 Å². The lowest BCUT2D eigenvalue weighted by Crippen LogP contribution is -2.35. The molecule has 114 valence electrons. The molecular formula is C16H22BrN3O. The first-order valence-electron chi connectivity index (χ1n) is 7.38. The molecule has 1 N–H and O–H groups in total. The van der Waals surface area contributed by atoms with Crippen LogP contribution in [0.5, 0.6) is 0 Å². The van der Waals surface area contributed by atoms with Crippen molar-refractivity contribution in [2.45, 2.75) is 39.7 Å². The third kappa shape index (κ3) is 4.64. The fourth-order valence-corrected chi connectivity index (χ4v) is 2.68. The van der Waals surface area contributed by atoms with Crippen LogP contribution < -0.4 is 5.32 Å². The first-order chi connectivity index (χ1) is 10.1. The molecule has 0 bridgehead atoms. The summed E-state index contributed by atoms with van der Waals surface area (Å²) in [7, 11) is 0. The predicted octanol–water partition coefficient (Wildman–Crippen LogP) is 3.60. The zero-order valence-electron chi connectivity index (χ0n) is 12.8. The Morgan fingerprint density at radius 3 is 2.71 bits per heavy atom. The predicted molar refractivity (Wildman–Crippen MR) is 87.3 cm³/mol. The molecule has 0 fully saturated rings. The van der Waals surface area contributed by atoms with E-state index < -0.39 is 0 Å². The van der Waals surface area contributed by atoms with E-state index in [1.807, 2.05) is 18.2 Å². The number of hydrogen-bond donors (Lipinski definition) is 1. The molecule has 1 aromatic heterocycles. The molecule has 0 saturated heterocycles. The monoisotopic (exact) mass is 351 g/mol. The van der Waals surface area contributed by atoms with Gasteiger partial charge in [0.25, 0.3) is 0 Å². The number of halogens is 1. The number of hydrogen-bond acceptors (Lipinski definition) is 4. The maximum Gasteiger partial charge on any atom is 0.228 e. The number of aromatic nitrogens is 2. The highest BCUT2D eigenvalue weighted by atomic mass is 79.9. The van der Waals surface area contributed by atoms with Gasteiger partial charge in [-0.05, 0) is 24.1 Å². The van der Waals surface area contributed by atoms with E-state index in [-0.39, 0.29) is 0 Å². The van der Waals surface area contributed by atoms with Gasteiger partial charge in [-0.3, -0.25) is 0 Å². The van der Waals surface area contributed by atoms with Gasteiger partial charge in [0.1, 0.15) is 0 Å². The van der Waals surface area contributed by atoms with Gasteiger partial charge in [-0.1, -0.05) is 60.1 Å². The molecule has 0 spiro atoms. The number of likely N-dealkylation sites (N-methyl/N-ethyl adjacent to an activating group) is 1. The van der Waals surface area contributed by atoms with E-state index in [4.69, 9.17) is 4.52 Å². The molecule has 2 aromatic rings. The van der Waals surface area contributed by atoms with Crippen LogP contribution in [0.3, 0.4) is 0 Å². The number of benzene rings is 1. The Bertz CT molecular complexity index is 568. The lowest BCUT2D eigenvalue weighted by Gasteiger charge is -2.19. The minimum atomic E-state index is 0.367. The SMILES string of the molecule is CCNC(Cc1nc(Cc2ccccc2Br)no1)C(C)C. The molecule has 0 radical (unpaired) electrons. The van der Waals surface area contributed by atoms with Crippen LogP contribution in [0.2, 0.25) is 0 Å². The van der Waals surface area contributed by atoms with Gasteiger partial charge in [-0.15, -0.1) is 0 Å². The standard InChI is InChI=1S/C16H22BrN3O/c1-4-18-14(11(2)3)10-16-19-15(20-21-16)9-12-7-5-6-8-13(12)17/h5-8,11,14,18H,4,9-10H2,1-3H3. The third-order valence-electron chi connectivity index (χ3n) is 3.48. The van der Waals surface area contributed by atoms with Gasteiger partial charge in [0.2, 0.25) is 5.89 Å². The summed E-state index contributed by atoms with van der Waals surface area (Å²) in [5.41, 5.74) is 1.16. The first kappa shape index (κ1) is 16.2. The molecule has 0 saturated carbocycles. The minimum Gasteiger partial charge on any atom is -0.339 e. The molecule has 1 unspecified atom stereocenters. The van der Waals surface area contributed by atoms with Crippen molar-refractivity contribution < 1.29 is 4.52 Å². The van der Waals surface area contributed by atoms with Crippen LogP contribution in [-0.2, 0) is 12.8 Å². The average molecular weight is 352 g/mol. The lowest BCUT2D eigenvalue weighted by molar-refractivity contribution is 0.327. The quantitative estimate of drug-likeness (QED) is 0.827. The number of nitrogens with one attached hydrogen (secondary N) is 1. The molecule has 5 heteroatoms. The molecule has 0 amide bonds. The summed E-state index contributed by atoms with van der Waals surface area (Å²) in [6, 6.07) is 8.47. The van der Waals surface area contributed by atoms with Crippen molar-refractivity contribution in [1.82, 2.24) is 15.5 Å². The van der Waals surface area contributed by atoms with Gasteiger partial charge in [-0.25, -0.2) is 0 Å². The van der Waals surface area contributed by atoms with Gasteiger partial charge < -0.3 is 9.84 Å². The van der Waals surface area contributed by atoms with E-state index in [0.29, 0.717) is 24.3 Å². The summed E-state index contributed by atoms with van der Waals surface area (Å²) < 4.78 is 6.46. The Labute approximate surface area is 134 Å². The highest BCUT2D eigenvalue weighted by Crippen LogP contribution is 2.18. The smallest absolute Gasteiger partial charge is 0.228 e. The van der Waals surface area contributed by atoms with E-state index in [1.54, 1.807) is 0 Å². The second kappa shape index (κ2) is 7.71. The van der Waals surface area contributed by atoms with Gasteiger partial charge >= 0.3 is 0 Å². The summed E-state index contributed by atoms with van der Waals surface area (Å²) in [6.07, 6.45) is 1.45. The van der Waals surface area contributed by atoms with Crippen LogP contribution in [0, 0.1) is 5.92 Å². The van der Waals surface area contributed by atoms with Gasteiger partial charge in [0.05, 0.1) is 0 Å². The molecule has 1 aromatic carbocycles. The molecule has 0 aliphatic heterocycles. The lowest BCUT2D eigenvalue weighted by atomic mass is 10.0. The average Bonchev–Trinajstić information content (AvgIpc) is 2.88. The number of rotatable bonds is 7. The summed E-state index contributed by atoms with van der Waals surface area (Å²) in [4.78, 5) is 4.51. The maximum absolute atomic E-state index is 5.39. The van der Waals surface area contributed by atoms with Gasteiger partial charge in [0, 0.05) is 23.4 Å². The van der Waals surface area contributed by atoms with Crippen molar-refractivity contribution in [3.63, 3.8) is 0 Å². The molecule has 21 heavy (non-hydrogen) atoms. The molecule has 4 nitrogen and oxygen atoms in total. The molecule has 2 rings (SSSR count). The van der Waals surface area contributed by atoms with Crippen LogP contribution in [-0.4, -0.2) is 22.7 Å². The van der Waals surface area contributed by atoms with Crippen molar-refractivity contribution in [3.8, 4) is 0 Å². The Kier molecular flexibility index (Phi) is 5.94. The van der Waals surface area contributed by atoms with Crippen LogP contribution >= 0.6 is 15.9 Å². The third-order valence-corrected chi connectivity index (χ3v) is 4.26. The van der Waals surface area contributed by atoms with E-state index in [2.05, 4.69) is 58.2 Å². The van der Waals surface area contributed by atoms with Crippen LogP contribution in [0.25, 0.3) is 0 Å². The number of nitrogens with zero attached hydrogens (tertiary/aromatic N) is 2. The largest absolute Gasteiger partial charge is 0.339 e. The zero-order chi connectivity index (χ0) is 15.2. The molecule has 0 aliphatic carbocycles. The Hall–Kier alpha value is -1.20. The molecule has 1 atom stereocenters. The summed E-state index contributed by atoms with van der Waals surface area (Å²) in [5, 5.41) is 7.55. The summed E-state index contributed by atoms with van der Waals surface area (Å²) in [6.45, 7) is 7.46. The Morgan fingerprint density at radius 1 is 1.29 bits per heavy atom. The molecule has 0 aliphatic rings. The van der Waals surface area contributed by atoms with E-state index >= 15 is 0 Å². The highest BCUT2D eigenvalue weighted by Gasteiger charge is 2.17. The topological polar surface area (TPSA) is 51.0 Å². The fourth-order valence-electron chi connectivity index (χ4n) is 2.25. The summed E-state index contributed by atoms with van der Waals surface area (Å²) >= 11 is 3.54. The Morgan fingerprint density at radius 2 is 2.05 bits per heavy atom. The van der Waals surface area contributed by atoms with Crippen molar-refractivity contribution >= 4 is 15.9 Å². The van der Waals surface area contributed by atoms with Gasteiger partial charge in [-0.2, -0.15) is 4.98 Å². The van der Waals surface area contributed by atoms with E-state index in [9.17, 15) is 0 Å². The van der Waals surface area contributed by atoms with Crippen LogP contribution in [0.15, 0.2) is 33.3 Å². The Balaban J connectivity index is 2.03. The minimum absolute atomic E-state index is 0.367. The second-order valence-electron chi connectivity index (χ2n) is 5.48. The highest BCUT2D eigenvalue weighted by molar-refractivity contribution is 9.10. The summed E-state index contributed by atoms with van der Waals surface area (Å²) in [5.74, 6) is 1.97. The fraction of sp³-hybridized carbons (Fsp3) is 0.500. The van der Waals surface area contributed by atoms with Crippen molar-refractivity contribution in [3.05, 3.63) is 46.0 Å². The maximum atomic E-state index is 5.39. The first-order valence-corrected chi connectivity index (χ1v) is 8.17. The van der Waals surface area contributed by atoms with Gasteiger partial charge in [0.15, 0.2) is 5.82 Å². The van der Waals surface area contributed by atoms with Crippen molar-refractivity contribution in [2.24, 2.45) is 5.92 Å². The zero-order valence-corrected chi connectivity index (χ0v) is 14.4. The van der Waals surface area contributed by atoms with E-state index in [0.717, 1.165) is 28.8 Å². The second-order valence-corrected chi connectivity index (χ2v) is 6.34. The molecular weight excluding hydrogens is 330 g/mol. The van der Waals surface area contributed by atoms with Crippen molar-refractivity contribution in [1.29, 1.82) is 0 Å². The molecule has 1 heterocycles. The van der Waals surface area contributed by atoms with E-state index in [1.165, 1.54) is 0 Å². The normalized spacial score (nSPS) is 12.8. The van der Waals surface area contributed by atoms with Crippen molar-refractivity contribution in [2.75, 3.05) is 6.54 Å². The van der Waals surface area contributed by atoms with Crippen LogP contribution in [0.1, 0.15) is 38.0 Å².